The molecule has 1 N–H and O–H groups in total. The van der Waals surface area contributed by atoms with Gasteiger partial charge in [-0.1, -0.05) is 66.4 Å². The maximum Gasteiger partial charge on any atom is 0.251 e. The molecule has 192 valence electrons. The predicted octanol–water partition coefficient (Wildman–Crippen LogP) is 5.11. The van der Waals surface area contributed by atoms with Gasteiger partial charge in [0.05, 0.1) is 0 Å². The van der Waals surface area contributed by atoms with Crippen molar-refractivity contribution in [1.29, 1.82) is 0 Å². The molecular formula is C30H35N5OS. The van der Waals surface area contributed by atoms with Crippen LogP contribution in [-0.4, -0.2) is 59.5 Å². The van der Waals surface area contributed by atoms with Gasteiger partial charge in [0.15, 0.2) is 5.16 Å². The maximum atomic E-state index is 12.4. The van der Waals surface area contributed by atoms with Gasteiger partial charge in [0.1, 0.15) is 5.82 Å². The summed E-state index contributed by atoms with van der Waals surface area (Å²) in [5, 5.41) is 3.86. The van der Waals surface area contributed by atoms with Crippen LogP contribution in [0, 0.1) is 13.8 Å². The van der Waals surface area contributed by atoms with Crippen LogP contribution in [0.25, 0.3) is 6.08 Å². The first kappa shape index (κ1) is 25.5. The van der Waals surface area contributed by atoms with Crippen molar-refractivity contribution in [1.82, 2.24) is 20.2 Å². The van der Waals surface area contributed by atoms with Gasteiger partial charge in [-0.15, -0.1) is 0 Å². The van der Waals surface area contributed by atoms with Gasteiger partial charge in [0.2, 0.25) is 0 Å². The van der Waals surface area contributed by atoms with Crippen molar-refractivity contribution >= 4 is 29.6 Å². The summed E-state index contributed by atoms with van der Waals surface area (Å²) < 4.78 is 0. The zero-order valence-electron chi connectivity index (χ0n) is 21.7. The molecule has 3 aromatic rings. The minimum Gasteiger partial charge on any atom is -0.354 e. The number of aromatic nitrogens is 2. The Balaban J connectivity index is 1.17. The second-order valence-corrected chi connectivity index (χ2v) is 10.8. The number of anilines is 1. The molecule has 2 aliphatic rings. The number of aryl methyl sites for hydroxylation is 1. The summed E-state index contributed by atoms with van der Waals surface area (Å²) in [7, 11) is 0. The van der Waals surface area contributed by atoms with Gasteiger partial charge >= 0.3 is 0 Å². The number of nitrogens with zero attached hydrogens (tertiary/aromatic N) is 4. The highest BCUT2D eigenvalue weighted by atomic mass is 32.2. The number of thioether (sulfide) groups is 1. The molecule has 1 aromatic heterocycles. The largest absolute Gasteiger partial charge is 0.354 e. The van der Waals surface area contributed by atoms with E-state index in [1.165, 1.54) is 5.56 Å². The molecule has 1 saturated carbocycles. The van der Waals surface area contributed by atoms with Gasteiger partial charge in [-0.2, -0.15) is 0 Å². The van der Waals surface area contributed by atoms with Crippen molar-refractivity contribution in [2.24, 2.45) is 0 Å². The van der Waals surface area contributed by atoms with Crippen molar-refractivity contribution < 1.29 is 4.79 Å². The molecule has 0 bridgehead atoms. The Morgan fingerprint density at radius 3 is 2.57 bits per heavy atom. The van der Waals surface area contributed by atoms with Crippen LogP contribution in [0.4, 0.5) is 5.82 Å². The van der Waals surface area contributed by atoms with Crippen LogP contribution in [0.5, 0.6) is 0 Å². The van der Waals surface area contributed by atoms with Gasteiger partial charge in [0.25, 0.3) is 5.91 Å². The summed E-state index contributed by atoms with van der Waals surface area (Å²) in [6.45, 7) is 9.09. The number of hydrogen-bond acceptors (Lipinski definition) is 6. The molecule has 6 nitrogen and oxygen atoms in total. The molecule has 2 heterocycles. The molecule has 37 heavy (non-hydrogen) atoms. The van der Waals surface area contributed by atoms with Crippen LogP contribution in [0.1, 0.15) is 45.6 Å². The average Bonchev–Trinajstić information content (AvgIpc) is 3.74. The second kappa shape index (κ2) is 11.9. The van der Waals surface area contributed by atoms with Crippen molar-refractivity contribution in [3.05, 3.63) is 88.6 Å². The Morgan fingerprint density at radius 2 is 1.81 bits per heavy atom. The van der Waals surface area contributed by atoms with E-state index < -0.39 is 0 Å². The number of carbonyl (C=O) groups is 1. The third-order valence-corrected chi connectivity index (χ3v) is 7.88. The fraction of sp³-hybridized carbons (Fsp3) is 0.367. The molecule has 5 rings (SSSR count). The number of amides is 1. The zero-order valence-corrected chi connectivity index (χ0v) is 22.5. The van der Waals surface area contributed by atoms with Crippen LogP contribution in [0.2, 0.25) is 0 Å². The molecule has 1 saturated heterocycles. The summed E-state index contributed by atoms with van der Waals surface area (Å²) in [5.41, 5.74) is 5.25. The van der Waals surface area contributed by atoms with Crippen LogP contribution in [0.15, 0.2) is 65.8 Å². The number of piperazine rings is 1. The van der Waals surface area contributed by atoms with Crippen molar-refractivity contribution in [3.8, 4) is 0 Å². The first-order valence-electron chi connectivity index (χ1n) is 13.1. The number of hydrogen-bond donors (Lipinski definition) is 1. The number of carbonyl (C=O) groups excluding carboxylic acids is 1. The molecule has 7 heteroatoms. The van der Waals surface area contributed by atoms with Gasteiger partial charge in [0, 0.05) is 61.3 Å². The van der Waals surface area contributed by atoms with E-state index in [9.17, 15) is 4.79 Å². The molecule has 0 atom stereocenters. The standard InChI is InChI=1S/C30H35N5OS/c1-22-23(2)31-30(37-21-25-10-6-12-26(20-25)29(36)32-27-13-14-27)33-28(22)35-18-16-34(17-19-35)15-7-11-24-8-4-3-5-9-24/h3-12,20,27H,13-19,21H2,1-2H3,(H,32,36). The quantitative estimate of drug-likeness (QED) is 0.317. The molecule has 0 spiro atoms. The van der Waals surface area contributed by atoms with Crippen LogP contribution in [0.3, 0.4) is 0 Å². The fourth-order valence-corrected chi connectivity index (χ4v) is 5.28. The van der Waals surface area contributed by atoms with Gasteiger partial charge in [-0.3, -0.25) is 9.69 Å². The van der Waals surface area contributed by atoms with E-state index in [0.29, 0.717) is 6.04 Å². The molecule has 2 fully saturated rings. The minimum absolute atomic E-state index is 0.0220. The second-order valence-electron chi connectivity index (χ2n) is 9.88. The summed E-state index contributed by atoms with van der Waals surface area (Å²) in [6.07, 6.45) is 6.63. The lowest BCUT2D eigenvalue weighted by molar-refractivity contribution is 0.0951. The van der Waals surface area contributed by atoms with E-state index in [2.05, 4.69) is 71.4 Å². The number of benzene rings is 2. The van der Waals surface area contributed by atoms with Gasteiger partial charge < -0.3 is 10.2 Å². The third-order valence-electron chi connectivity index (χ3n) is 6.96. The molecule has 2 aromatic carbocycles. The van der Waals surface area contributed by atoms with Gasteiger partial charge in [-0.25, -0.2) is 9.97 Å². The Labute approximate surface area is 224 Å². The Hall–Kier alpha value is -3.16. The Bertz CT molecular complexity index is 1250. The number of rotatable bonds is 9. The zero-order chi connectivity index (χ0) is 25.6. The molecule has 0 unspecified atom stereocenters. The van der Waals surface area contributed by atoms with Gasteiger partial charge in [-0.05, 0) is 49.9 Å². The molecule has 1 aliphatic heterocycles. The van der Waals surface area contributed by atoms with E-state index in [1.807, 2.05) is 24.3 Å². The lowest BCUT2D eigenvalue weighted by Gasteiger charge is -2.35. The minimum atomic E-state index is 0.0220. The van der Waals surface area contributed by atoms with Crippen LogP contribution in [-0.2, 0) is 5.75 Å². The number of nitrogens with one attached hydrogen (secondary N) is 1. The Morgan fingerprint density at radius 1 is 1.03 bits per heavy atom. The fourth-order valence-electron chi connectivity index (χ4n) is 4.45. The molecule has 0 radical (unpaired) electrons. The van der Waals surface area contributed by atoms with Crippen molar-refractivity contribution in [3.63, 3.8) is 0 Å². The highest BCUT2D eigenvalue weighted by molar-refractivity contribution is 7.98. The Kier molecular flexibility index (Phi) is 8.21. The summed E-state index contributed by atoms with van der Waals surface area (Å²) in [4.78, 5) is 27.0. The van der Waals surface area contributed by atoms with Crippen LogP contribution < -0.4 is 10.2 Å². The molecule has 1 amide bonds. The van der Waals surface area contributed by atoms with E-state index in [0.717, 1.165) is 84.7 Å². The average molecular weight is 514 g/mol. The van der Waals surface area contributed by atoms with E-state index in [-0.39, 0.29) is 5.91 Å². The predicted molar refractivity (Wildman–Crippen MR) is 152 cm³/mol. The van der Waals surface area contributed by atoms with Crippen LogP contribution >= 0.6 is 11.8 Å². The topological polar surface area (TPSA) is 61.4 Å². The lowest BCUT2D eigenvalue weighted by Crippen LogP contribution is -2.47. The first-order chi connectivity index (χ1) is 18.0. The van der Waals surface area contributed by atoms with Crippen molar-refractivity contribution in [2.75, 3.05) is 37.6 Å². The third kappa shape index (κ3) is 6.99. The van der Waals surface area contributed by atoms with E-state index in [4.69, 9.17) is 9.97 Å². The molecule has 1 aliphatic carbocycles. The summed E-state index contributed by atoms with van der Waals surface area (Å²) in [6, 6.07) is 18.7. The highest BCUT2D eigenvalue weighted by Crippen LogP contribution is 2.27. The SMILES string of the molecule is Cc1nc(SCc2cccc(C(=O)NC3CC3)c2)nc(N2CCN(CC=Cc3ccccc3)CC2)c1C. The van der Waals surface area contributed by atoms with E-state index in [1.54, 1.807) is 11.8 Å². The van der Waals surface area contributed by atoms with Crippen molar-refractivity contribution in [2.45, 2.75) is 43.6 Å². The monoisotopic (exact) mass is 513 g/mol. The van der Waals surface area contributed by atoms with E-state index >= 15 is 0 Å². The normalized spacial score (nSPS) is 16.3. The first-order valence-corrected chi connectivity index (χ1v) is 14.1. The lowest BCUT2D eigenvalue weighted by atomic mass is 10.1. The summed E-state index contributed by atoms with van der Waals surface area (Å²) >= 11 is 1.63. The highest BCUT2D eigenvalue weighted by Gasteiger charge is 2.24. The molecular weight excluding hydrogens is 478 g/mol. The smallest absolute Gasteiger partial charge is 0.251 e. The summed E-state index contributed by atoms with van der Waals surface area (Å²) in [5.74, 6) is 1.80. The maximum absolute atomic E-state index is 12.4.